The van der Waals surface area contributed by atoms with Gasteiger partial charge in [0.25, 0.3) is 0 Å². The molecule has 0 aromatic heterocycles. The number of ether oxygens (including phenoxy) is 1. The molecule has 2 fully saturated rings. The van der Waals surface area contributed by atoms with Crippen LogP contribution < -0.4 is 10.6 Å². The lowest BCUT2D eigenvalue weighted by Gasteiger charge is -2.23. The minimum Gasteiger partial charge on any atom is -0.383 e. The molecule has 102 valence electrons. The third-order valence-electron chi connectivity index (χ3n) is 3.59. The number of rotatable bonds is 5. The average Bonchev–Trinajstić information content (AvgIpc) is 2.67. The van der Waals surface area contributed by atoms with Crippen molar-refractivity contribution in [1.82, 2.24) is 15.5 Å². The van der Waals surface area contributed by atoms with E-state index in [-0.39, 0.29) is 30.3 Å². The molecule has 0 aliphatic carbocycles. The Balaban J connectivity index is 1.79. The van der Waals surface area contributed by atoms with E-state index in [4.69, 9.17) is 4.74 Å². The van der Waals surface area contributed by atoms with Crippen molar-refractivity contribution >= 4 is 11.8 Å². The number of carbonyl (C=O) groups is 2. The van der Waals surface area contributed by atoms with Crippen molar-refractivity contribution in [2.45, 2.75) is 18.9 Å². The first kappa shape index (κ1) is 13.3. The topological polar surface area (TPSA) is 70.7 Å². The van der Waals surface area contributed by atoms with E-state index in [0.29, 0.717) is 19.7 Å². The fourth-order valence-electron chi connectivity index (χ4n) is 2.67. The molecule has 0 spiro atoms. The molecule has 0 aromatic carbocycles. The van der Waals surface area contributed by atoms with Crippen molar-refractivity contribution in [3.05, 3.63) is 0 Å². The van der Waals surface area contributed by atoms with Gasteiger partial charge in [-0.15, -0.1) is 0 Å². The Kier molecular flexibility index (Phi) is 4.54. The summed E-state index contributed by atoms with van der Waals surface area (Å²) >= 11 is 0. The smallest absolute Gasteiger partial charge is 0.239 e. The average molecular weight is 255 g/mol. The van der Waals surface area contributed by atoms with Crippen molar-refractivity contribution in [3.63, 3.8) is 0 Å². The first-order valence-corrected chi connectivity index (χ1v) is 6.50. The fourth-order valence-corrected chi connectivity index (χ4v) is 2.67. The largest absolute Gasteiger partial charge is 0.383 e. The number of hydrogen-bond acceptors (Lipinski definition) is 4. The van der Waals surface area contributed by atoms with Crippen LogP contribution in [0, 0.1) is 5.92 Å². The molecule has 2 N–H and O–H groups in total. The molecular weight excluding hydrogens is 234 g/mol. The molecule has 6 heteroatoms. The van der Waals surface area contributed by atoms with E-state index < -0.39 is 0 Å². The molecule has 2 saturated heterocycles. The lowest BCUT2D eigenvalue weighted by molar-refractivity contribution is -0.135. The second-order valence-electron chi connectivity index (χ2n) is 4.87. The monoisotopic (exact) mass is 255 g/mol. The number of hydrogen-bond donors (Lipinski definition) is 2. The molecular formula is C12H21N3O3. The van der Waals surface area contributed by atoms with Crippen molar-refractivity contribution in [1.29, 1.82) is 0 Å². The van der Waals surface area contributed by atoms with Crippen LogP contribution in [0.2, 0.25) is 0 Å². The zero-order valence-electron chi connectivity index (χ0n) is 10.8. The molecule has 0 bridgehead atoms. The lowest BCUT2D eigenvalue weighted by Crippen LogP contribution is -2.41. The Bertz CT molecular complexity index is 322. The highest BCUT2D eigenvalue weighted by Gasteiger charge is 2.41. The van der Waals surface area contributed by atoms with Crippen LogP contribution in [0.1, 0.15) is 12.8 Å². The van der Waals surface area contributed by atoms with Crippen LogP contribution in [0.4, 0.5) is 0 Å². The number of likely N-dealkylation sites (tertiary alicyclic amines) is 1. The zero-order valence-corrected chi connectivity index (χ0v) is 10.8. The van der Waals surface area contributed by atoms with Crippen LogP contribution in [-0.4, -0.2) is 62.7 Å². The minimum absolute atomic E-state index is 0.0746. The van der Waals surface area contributed by atoms with E-state index in [1.54, 1.807) is 12.0 Å². The van der Waals surface area contributed by atoms with Gasteiger partial charge in [-0.25, -0.2) is 0 Å². The van der Waals surface area contributed by atoms with Gasteiger partial charge in [0, 0.05) is 26.2 Å². The molecule has 6 nitrogen and oxygen atoms in total. The van der Waals surface area contributed by atoms with Gasteiger partial charge in [0.2, 0.25) is 11.8 Å². The van der Waals surface area contributed by atoms with Crippen molar-refractivity contribution in [2.24, 2.45) is 5.92 Å². The summed E-state index contributed by atoms with van der Waals surface area (Å²) in [7, 11) is 1.59. The summed E-state index contributed by atoms with van der Waals surface area (Å²) < 4.78 is 4.86. The Morgan fingerprint density at radius 3 is 3.17 bits per heavy atom. The second kappa shape index (κ2) is 6.15. The lowest BCUT2D eigenvalue weighted by atomic mass is 9.94. The molecule has 2 rings (SSSR count). The summed E-state index contributed by atoms with van der Waals surface area (Å²) in [4.78, 5) is 25.4. The molecule has 2 unspecified atom stereocenters. The first-order chi connectivity index (χ1) is 8.72. The highest BCUT2D eigenvalue weighted by Crippen LogP contribution is 2.25. The Morgan fingerprint density at radius 2 is 2.44 bits per heavy atom. The van der Waals surface area contributed by atoms with Crippen LogP contribution in [0.15, 0.2) is 0 Å². The molecule has 2 aliphatic rings. The summed E-state index contributed by atoms with van der Waals surface area (Å²) in [5.41, 5.74) is 0. The van der Waals surface area contributed by atoms with E-state index in [2.05, 4.69) is 10.6 Å². The summed E-state index contributed by atoms with van der Waals surface area (Å²) in [6.07, 6.45) is 1.99. The molecule has 2 amide bonds. The summed E-state index contributed by atoms with van der Waals surface area (Å²) in [6, 6.07) is 0.234. The zero-order chi connectivity index (χ0) is 13.0. The van der Waals surface area contributed by atoms with Gasteiger partial charge in [-0.3, -0.25) is 9.59 Å². The standard InChI is InChI=1S/C12H21N3O3/c1-18-6-5-14-11(16)8-15-7-10-9(12(15)17)3-2-4-13-10/h9-10,13H,2-8H2,1H3,(H,14,16). The van der Waals surface area contributed by atoms with Gasteiger partial charge in [-0.05, 0) is 19.4 Å². The Hall–Kier alpha value is -1.14. The molecule has 0 saturated carbocycles. The Labute approximate surface area is 107 Å². The third kappa shape index (κ3) is 3.00. The molecule has 2 aliphatic heterocycles. The van der Waals surface area contributed by atoms with Crippen molar-refractivity contribution < 1.29 is 14.3 Å². The van der Waals surface area contributed by atoms with Crippen LogP contribution in [0.25, 0.3) is 0 Å². The maximum absolute atomic E-state index is 12.1. The quantitative estimate of drug-likeness (QED) is 0.616. The van der Waals surface area contributed by atoms with E-state index >= 15 is 0 Å². The summed E-state index contributed by atoms with van der Waals surface area (Å²) in [5.74, 6) is 0.0821. The van der Waals surface area contributed by atoms with Crippen LogP contribution >= 0.6 is 0 Å². The van der Waals surface area contributed by atoms with Gasteiger partial charge in [0.1, 0.15) is 0 Å². The molecule has 2 heterocycles. The molecule has 2 atom stereocenters. The summed E-state index contributed by atoms with van der Waals surface area (Å²) in [5, 5.41) is 6.09. The van der Waals surface area contributed by atoms with Gasteiger partial charge >= 0.3 is 0 Å². The number of nitrogens with zero attached hydrogens (tertiary/aromatic N) is 1. The highest BCUT2D eigenvalue weighted by atomic mass is 16.5. The van der Waals surface area contributed by atoms with Crippen molar-refractivity contribution in [3.8, 4) is 0 Å². The van der Waals surface area contributed by atoms with E-state index in [9.17, 15) is 9.59 Å². The fraction of sp³-hybridized carbons (Fsp3) is 0.833. The number of carbonyl (C=O) groups excluding carboxylic acids is 2. The number of nitrogens with one attached hydrogen (secondary N) is 2. The number of fused-ring (bicyclic) bond motifs is 1. The van der Waals surface area contributed by atoms with Gasteiger partial charge in [-0.1, -0.05) is 0 Å². The van der Waals surface area contributed by atoms with Gasteiger partial charge < -0.3 is 20.3 Å². The van der Waals surface area contributed by atoms with Crippen molar-refractivity contribution in [2.75, 3.05) is 39.9 Å². The van der Waals surface area contributed by atoms with Gasteiger partial charge in [0.05, 0.1) is 19.1 Å². The third-order valence-corrected chi connectivity index (χ3v) is 3.59. The molecule has 0 radical (unpaired) electrons. The van der Waals surface area contributed by atoms with Crippen LogP contribution in [0.5, 0.6) is 0 Å². The number of piperidine rings is 1. The van der Waals surface area contributed by atoms with E-state index in [1.165, 1.54) is 0 Å². The predicted molar refractivity (Wildman–Crippen MR) is 66.0 cm³/mol. The molecule has 18 heavy (non-hydrogen) atoms. The minimum atomic E-state index is -0.112. The van der Waals surface area contributed by atoms with Crippen LogP contribution in [0.3, 0.4) is 0 Å². The second-order valence-corrected chi connectivity index (χ2v) is 4.87. The summed E-state index contributed by atoms with van der Waals surface area (Å²) in [6.45, 7) is 2.77. The highest BCUT2D eigenvalue weighted by molar-refractivity contribution is 5.88. The maximum Gasteiger partial charge on any atom is 0.239 e. The predicted octanol–water partition coefficient (Wildman–Crippen LogP) is -1.04. The van der Waals surface area contributed by atoms with Gasteiger partial charge in [0.15, 0.2) is 0 Å². The number of amides is 2. The Morgan fingerprint density at radius 1 is 1.61 bits per heavy atom. The van der Waals surface area contributed by atoms with E-state index in [0.717, 1.165) is 19.4 Å². The SMILES string of the molecule is COCCNC(=O)CN1CC2NCCCC2C1=O. The van der Waals surface area contributed by atoms with E-state index in [1.807, 2.05) is 0 Å². The first-order valence-electron chi connectivity index (χ1n) is 6.50. The van der Waals surface area contributed by atoms with Gasteiger partial charge in [-0.2, -0.15) is 0 Å². The normalized spacial score (nSPS) is 27.2. The maximum atomic E-state index is 12.1. The molecule has 0 aromatic rings. The number of methoxy groups -OCH3 is 1. The van der Waals surface area contributed by atoms with Crippen LogP contribution in [-0.2, 0) is 14.3 Å².